The molecule has 2 N–H and O–H groups in total. The molecule has 1 aromatic heterocycles. The molecule has 3 rings (SSSR count). The Labute approximate surface area is 175 Å². The number of aromatic nitrogens is 3. The first-order valence-corrected chi connectivity index (χ1v) is 10.0. The topological polar surface area (TPSA) is 116 Å². The van der Waals surface area contributed by atoms with Gasteiger partial charge in [0, 0.05) is 5.56 Å². The number of benzene rings is 1. The van der Waals surface area contributed by atoms with Crippen molar-refractivity contribution in [3.8, 4) is 11.3 Å². The molecular formula is C21H28N4O5. The molecule has 1 aliphatic rings. The number of hydrogen-bond donors (Lipinski definition) is 2. The average molecular weight is 416 g/mol. The van der Waals surface area contributed by atoms with Crippen molar-refractivity contribution in [2.45, 2.75) is 57.9 Å². The number of esters is 1. The Morgan fingerprint density at radius 1 is 1.27 bits per heavy atom. The highest BCUT2D eigenvalue weighted by molar-refractivity contribution is 5.74. The van der Waals surface area contributed by atoms with Crippen LogP contribution in [0, 0.1) is 5.92 Å². The zero-order valence-corrected chi connectivity index (χ0v) is 17.6. The molecule has 4 atom stereocenters. The standard InChI is InChI=1S/C21H28N4O5/c1-5-29-19(27)14-11-15(22-20(28)30-21(2,3)4)17(18(14)26)25-12-16(23-24-25)13-9-7-6-8-10-13/h6-10,12,14-15,17-18,26H,5,11H2,1-4H3,(H,22,28)/t14-,15+,17-,18-/m1/s1. The Balaban J connectivity index is 1.86. The van der Waals surface area contributed by atoms with E-state index in [-0.39, 0.29) is 13.0 Å². The normalized spacial score (nSPS) is 23.8. The molecule has 0 spiro atoms. The predicted octanol–water partition coefficient (Wildman–Crippen LogP) is 2.32. The molecule has 0 saturated heterocycles. The van der Waals surface area contributed by atoms with Crippen molar-refractivity contribution in [2.75, 3.05) is 6.61 Å². The minimum Gasteiger partial charge on any atom is -0.466 e. The molecular weight excluding hydrogens is 388 g/mol. The van der Waals surface area contributed by atoms with Crippen LogP contribution in [0.1, 0.15) is 40.2 Å². The van der Waals surface area contributed by atoms with Crippen LogP contribution in [0.25, 0.3) is 11.3 Å². The molecule has 2 aromatic rings. The number of rotatable bonds is 5. The van der Waals surface area contributed by atoms with Gasteiger partial charge in [-0.25, -0.2) is 9.48 Å². The zero-order chi connectivity index (χ0) is 21.9. The van der Waals surface area contributed by atoms with E-state index in [0.29, 0.717) is 5.69 Å². The van der Waals surface area contributed by atoms with Crippen molar-refractivity contribution in [3.05, 3.63) is 36.5 Å². The van der Waals surface area contributed by atoms with Gasteiger partial charge in [-0.15, -0.1) is 5.10 Å². The Morgan fingerprint density at radius 2 is 1.97 bits per heavy atom. The number of hydrogen-bond acceptors (Lipinski definition) is 7. The van der Waals surface area contributed by atoms with Crippen LogP contribution in [0.15, 0.2) is 36.5 Å². The van der Waals surface area contributed by atoms with E-state index >= 15 is 0 Å². The number of nitrogens with one attached hydrogen (secondary N) is 1. The van der Waals surface area contributed by atoms with Gasteiger partial charge in [-0.3, -0.25) is 4.79 Å². The lowest BCUT2D eigenvalue weighted by Crippen LogP contribution is -2.43. The third kappa shape index (κ3) is 4.96. The Bertz CT molecular complexity index is 877. The van der Waals surface area contributed by atoms with Crippen molar-refractivity contribution in [2.24, 2.45) is 5.92 Å². The summed E-state index contributed by atoms with van der Waals surface area (Å²) >= 11 is 0. The molecule has 1 amide bonds. The lowest BCUT2D eigenvalue weighted by Gasteiger charge is -2.25. The lowest BCUT2D eigenvalue weighted by atomic mass is 10.1. The van der Waals surface area contributed by atoms with Crippen molar-refractivity contribution < 1.29 is 24.2 Å². The summed E-state index contributed by atoms with van der Waals surface area (Å²) in [5.74, 6) is -1.30. The van der Waals surface area contributed by atoms with Gasteiger partial charge in [-0.05, 0) is 34.1 Å². The van der Waals surface area contributed by atoms with E-state index in [4.69, 9.17) is 9.47 Å². The van der Waals surface area contributed by atoms with Crippen molar-refractivity contribution in [1.29, 1.82) is 0 Å². The third-order valence-electron chi connectivity index (χ3n) is 4.86. The molecule has 0 unspecified atom stereocenters. The summed E-state index contributed by atoms with van der Waals surface area (Å²) in [6.07, 6.45) is 0.164. The highest BCUT2D eigenvalue weighted by Crippen LogP contribution is 2.36. The summed E-state index contributed by atoms with van der Waals surface area (Å²) in [6, 6.07) is 8.20. The van der Waals surface area contributed by atoms with Crippen molar-refractivity contribution in [1.82, 2.24) is 20.3 Å². The Hall–Kier alpha value is -2.94. The van der Waals surface area contributed by atoms with Crippen LogP contribution in [-0.4, -0.2) is 56.5 Å². The first-order chi connectivity index (χ1) is 14.2. The van der Waals surface area contributed by atoms with E-state index in [1.807, 2.05) is 30.3 Å². The highest BCUT2D eigenvalue weighted by atomic mass is 16.6. The van der Waals surface area contributed by atoms with Crippen LogP contribution >= 0.6 is 0 Å². The van der Waals surface area contributed by atoms with Gasteiger partial charge in [0.25, 0.3) is 0 Å². The molecule has 0 bridgehead atoms. The number of aliphatic hydroxyl groups excluding tert-OH is 1. The van der Waals surface area contributed by atoms with Crippen LogP contribution in [0.2, 0.25) is 0 Å². The fraction of sp³-hybridized carbons (Fsp3) is 0.524. The SMILES string of the molecule is CCOC(=O)[C@@H]1C[C@H](NC(=O)OC(C)(C)C)[C@@H](n2cc(-c3ccccc3)nn2)[C@@H]1O. The van der Waals surface area contributed by atoms with Crippen molar-refractivity contribution in [3.63, 3.8) is 0 Å². The highest BCUT2D eigenvalue weighted by Gasteiger charge is 2.49. The fourth-order valence-electron chi connectivity index (χ4n) is 3.62. The van der Waals surface area contributed by atoms with Crippen LogP contribution in [-0.2, 0) is 14.3 Å². The largest absolute Gasteiger partial charge is 0.466 e. The second-order valence-electron chi connectivity index (χ2n) is 8.28. The molecule has 9 nitrogen and oxygen atoms in total. The van der Waals surface area contributed by atoms with Gasteiger partial charge in [-0.2, -0.15) is 0 Å². The maximum atomic E-state index is 12.4. The number of amides is 1. The van der Waals surface area contributed by atoms with E-state index in [1.54, 1.807) is 33.9 Å². The maximum Gasteiger partial charge on any atom is 0.407 e. The van der Waals surface area contributed by atoms with E-state index in [2.05, 4.69) is 15.6 Å². The summed E-state index contributed by atoms with van der Waals surface area (Å²) in [7, 11) is 0. The van der Waals surface area contributed by atoms with Gasteiger partial charge in [0.15, 0.2) is 0 Å². The Kier molecular flexibility index (Phi) is 6.40. The summed E-state index contributed by atoms with van der Waals surface area (Å²) in [4.78, 5) is 24.7. The zero-order valence-electron chi connectivity index (χ0n) is 17.6. The minimum atomic E-state index is -1.10. The number of alkyl carbamates (subject to hydrolysis) is 1. The molecule has 0 radical (unpaired) electrons. The smallest absolute Gasteiger partial charge is 0.407 e. The number of nitrogens with zero attached hydrogens (tertiary/aromatic N) is 3. The second-order valence-corrected chi connectivity index (χ2v) is 8.28. The second kappa shape index (κ2) is 8.83. The molecule has 0 aliphatic heterocycles. The van der Waals surface area contributed by atoms with E-state index in [1.165, 1.54) is 4.68 Å². The van der Waals surface area contributed by atoms with Gasteiger partial charge >= 0.3 is 12.1 Å². The predicted molar refractivity (Wildman–Crippen MR) is 108 cm³/mol. The third-order valence-corrected chi connectivity index (χ3v) is 4.86. The molecule has 1 saturated carbocycles. The van der Waals surface area contributed by atoms with Gasteiger partial charge in [0.2, 0.25) is 0 Å². The molecule has 30 heavy (non-hydrogen) atoms. The lowest BCUT2D eigenvalue weighted by molar-refractivity contribution is -0.151. The number of carbonyl (C=O) groups excluding carboxylic acids is 2. The van der Waals surface area contributed by atoms with E-state index < -0.39 is 41.8 Å². The molecule has 1 heterocycles. The van der Waals surface area contributed by atoms with Crippen LogP contribution in [0.3, 0.4) is 0 Å². The van der Waals surface area contributed by atoms with Crippen LogP contribution < -0.4 is 5.32 Å². The van der Waals surface area contributed by atoms with Gasteiger partial charge < -0.3 is 19.9 Å². The Morgan fingerprint density at radius 3 is 2.60 bits per heavy atom. The molecule has 1 aromatic carbocycles. The summed E-state index contributed by atoms with van der Waals surface area (Å²) in [5.41, 5.74) is 0.818. The van der Waals surface area contributed by atoms with Gasteiger partial charge in [0.05, 0.1) is 30.9 Å². The maximum absolute atomic E-state index is 12.4. The van der Waals surface area contributed by atoms with E-state index in [0.717, 1.165) is 5.56 Å². The monoisotopic (exact) mass is 416 g/mol. The van der Waals surface area contributed by atoms with Crippen LogP contribution in [0.5, 0.6) is 0 Å². The molecule has 162 valence electrons. The summed E-state index contributed by atoms with van der Waals surface area (Å²) in [6.45, 7) is 7.20. The minimum absolute atomic E-state index is 0.199. The van der Waals surface area contributed by atoms with Crippen molar-refractivity contribution >= 4 is 12.1 Å². The summed E-state index contributed by atoms with van der Waals surface area (Å²) < 4.78 is 11.9. The van der Waals surface area contributed by atoms with Crippen LogP contribution in [0.4, 0.5) is 4.79 Å². The quantitative estimate of drug-likeness (QED) is 0.719. The number of carbonyl (C=O) groups is 2. The number of ether oxygens (including phenoxy) is 2. The van der Waals surface area contributed by atoms with E-state index in [9.17, 15) is 14.7 Å². The summed E-state index contributed by atoms with van der Waals surface area (Å²) in [5, 5.41) is 22.0. The molecule has 1 fully saturated rings. The molecule has 9 heteroatoms. The van der Waals surface area contributed by atoms with Gasteiger partial charge in [0.1, 0.15) is 17.3 Å². The first kappa shape index (κ1) is 21.8. The first-order valence-electron chi connectivity index (χ1n) is 10.0. The van der Waals surface area contributed by atoms with Gasteiger partial charge in [-0.1, -0.05) is 35.5 Å². The fourth-order valence-corrected chi connectivity index (χ4v) is 3.62. The number of aliphatic hydroxyl groups is 1. The average Bonchev–Trinajstić information content (AvgIpc) is 3.26. The molecule has 1 aliphatic carbocycles.